The minimum Gasteiger partial charge on any atom is -0.759 e. The molecule has 7 nitrogen and oxygen atoms in total. The topological polar surface area (TPSA) is 102 Å². The van der Waals surface area contributed by atoms with E-state index in [2.05, 4.69) is 20.7 Å². The van der Waals surface area contributed by atoms with Crippen LogP contribution in [0.2, 0.25) is 0 Å². The monoisotopic (exact) mass is 230 g/mol. The summed E-state index contributed by atoms with van der Waals surface area (Å²) in [6, 6.07) is 1.85. The lowest BCUT2D eigenvalue weighted by atomic mass is 10.4. The number of nitrogens with zero attached hydrogens (tertiary/aromatic N) is 2. The fraction of sp³-hybridized carbons (Fsp3) is 0.429. The molecule has 0 amide bonds. The number of hydrazine groups is 1. The fourth-order valence-electron chi connectivity index (χ4n) is 1.02. The van der Waals surface area contributed by atoms with E-state index in [4.69, 9.17) is 0 Å². The zero-order valence-corrected chi connectivity index (χ0v) is 9.22. The standard InChI is InChI=1S/C7H13N5O2S/c1-5-3-6(2)11-7(10-5)8-4-9-12-15(13)14/h3,9,12H,4H2,1-2H3,(H,13,14)(H,8,10,11)/p-1. The van der Waals surface area contributed by atoms with E-state index in [-0.39, 0.29) is 6.67 Å². The number of hydrogen-bond acceptors (Lipinski definition) is 6. The predicted octanol–water partition coefficient (Wildman–Crippen LogP) is -0.649. The van der Waals surface area contributed by atoms with Crippen molar-refractivity contribution in [3.63, 3.8) is 0 Å². The number of anilines is 1. The molecule has 3 N–H and O–H groups in total. The third kappa shape index (κ3) is 4.79. The average Bonchev–Trinajstić information content (AvgIpc) is 2.10. The second-order valence-electron chi connectivity index (χ2n) is 2.84. The molecular weight excluding hydrogens is 218 g/mol. The van der Waals surface area contributed by atoms with Crippen molar-refractivity contribution in [3.05, 3.63) is 17.5 Å². The van der Waals surface area contributed by atoms with Crippen LogP contribution in [0.15, 0.2) is 6.07 Å². The van der Waals surface area contributed by atoms with Crippen molar-refractivity contribution < 1.29 is 8.76 Å². The van der Waals surface area contributed by atoms with Gasteiger partial charge < -0.3 is 9.87 Å². The Labute approximate surface area is 90.1 Å². The van der Waals surface area contributed by atoms with Crippen molar-refractivity contribution in [2.45, 2.75) is 13.8 Å². The smallest absolute Gasteiger partial charge is 0.224 e. The summed E-state index contributed by atoms with van der Waals surface area (Å²) >= 11 is -2.32. The van der Waals surface area contributed by atoms with Crippen LogP contribution < -0.4 is 15.6 Å². The Bertz CT molecular complexity index is 339. The van der Waals surface area contributed by atoms with Gasteiger partial charge in [0.15, 0.2) is 0 Å². The molecule has 0 radical (unpaired) electrons. The fourth-order valence-corrected chi connectivity index (χ4v) is 1.21. The van der Waals surface area contributed by atoms with Crippen molar-refractivity contribution in [1.82, 2.24) is 20.2 Å². The summed E-state index contributed by atoms with van der Waals surface area (Å²) in [4.78, 5) is 10.2. The number of hydrogen-bond donors (Lipinski definition) is 3. The first-order valence-electron chi connectivity index (χ1n) is 4.22. The van der Waals surface area contributed by atoms with Gasteiger partial charge in [0.2, 0.25) is 5.95 Å². The first kappa shape index (κ1) is 12.0. The van der Waals surface area contributed by atoms with Gasteiger partial charge in [-0.1, -0.05) is 0 Å². The van der Waals surface area contributed by atoms with Crippen molar-refractivity contribution >= 4 is 17.2 Å². The minimum atomic E-state index is -2.32. The number of nitrogens with one attached hydrogen (secondary N) is 3. The van der Waals surface area contributed by atoms with Gasteiger partial charge in [0.05, 0.1) is 6.67 Å². The summed E-state index contributed by atoms with van der Waals surface area (Å²) in [7, 11) is 0. The molecule has 0 spiro atoms. The van der Waals surface area contributed by atoms with Gasteiger partial charge in [0.25, 0.3) is 0 Å². The molecule has 0 aliphatic heterocycles. The normalized spacial score (nSPS) is 12.5. The van der Waals surface area contributed by atoms with Crippen molar-refractivity contribution in [2.24, 2.45) is 0 Å². The molecule has 1 aromatic heterocycles. The molecule has 84 valence electrons. The Kier molecular flexibility index (Phi) is 4.56. The van der Waals surface area contributed by atoms with E-state index in [1.54, 1.807) is 0 Å². The third-order valence-corrected chi connectivity index (χ3v) is 1.78. The van der Waals surface area contributed by atoms with Gasteiger partial charge in [0.1, 0.15) is 0 Å². The van der Waals surface area contributed by atoms with Crippen LogP contribution in [0.1, 0.15) is 11.4 Å². The minimum absolute atomic E-state index is 0.205. The van der Waals surface area contributed by atoms with Crippen LogP contribution in [0.5, 0.6) is 0 Å². The van der Waals surface area contributed by atoms with Crippen LogP contribution in [0.4, 0.5) is 5.95 Å². The number of aromatic nitrogens is 2. The first-order valence-corrected chi connectivity index (χ1v) is 5.29. The highest BCUT2D eigenvalue weighted by atomic mass is 32.2. The molecule has 15 heavy (non-hydrogen) atoms. The third-order valence-electron chi connectivity index (χ3n) is 1.47. The van der Waals surface area contributed by atoms with Crippen LogP contribution in [0.25, 0.3) is 0 Å². The van der Waals surface area contributed by atoms with Crippen LogP contribution in [0, 0.1) is 13.8 Å². The molecule has 0 aliphatic carbocycles. The van der Waals surface area contributed by atoms with E-state index in [1.807, 2.05) is 24.7 Å². The maximum absolute atomic E-state index is 10.1. The molecular formula is C7H12N5O2S-. The highest BCUT2D eigenvalue weighted by Gasteiger charge is 1.97. The van der Waals surface area contributed by atoms with Crippen LogP contribution in [-0.2, 0) is 11.3 Å². The Hall–Kier alpha value is -1.09. The second kappa shape index (κ2) is 5.71. The molecule has 0 saturated heterocycles. The van der Waals surface area contributed by atoms with Crippen molar-refractivity contribution in [1.29, 1.82) is 0 Å². The molecule has 0 fully saturated rings. The van der Waals surface area contributed by atoms with E-state index in [1.165, 1.54) is 0 Å². The molecule has 1 unspecified atom stereocenters. The Morgan fingerprint density at radius 3 is 2.53 bits per heavy atom. The van der Waals surface area contributed by atoms with Crippen LogP contribution in [0.3, 0.4) is 0 Å². The summed E-state index contributed by atoms with van der Waals surface area (Å²) in [5, 5.41) is 2.81. The lowest BCUT2D eigenvalue weighted by Crippen LogP contribution is -2.37. The number of rotatable bonds is 5. The maximum Gasteiger partial charge on any atom is 0.224 e. The van der Waals surface area contributed by atoms with Gasteiger partial charge in [-0.15, -0.1) is 0 Å². The molecule has 8 heteroatoms. The van der Waals surface area contributed by atoms with Crippen LogP contribution in [-0.4, -0.2) is 25.4 Å². The first-order chi connectivity index (χ1) is 7.08. The zero-order chi connectivity index (χ0) is 11.3. The molecule has 1 rings (SSSR count). The van der Waals surface area contributed by atoms with Crippen LogP contribution >= 0.6 is 0 Å². The molecule has 1 heterocycles. The lowest BCUT2D eigenvalue weighted by molar-refractivity contribution is 0.508. The predicted molar refractivity (Wildman–Crippen MR) is 55.2 cm³/mol. The van der Waals surface area contributed by atoms with Gasteiger partial charge in [-0.3, -0.25) is 4.21 Å². The highest BCUT2D eigenvalue weighted by Crippen LogP contribution is 2.02. The molecule has 0 aromatic carbocycles. The van der Waals surface area contributed by atoms with Gasteiger partial charge in [-0.2, -0.15) is 4.83 Å². The van der Waals surface area contributed by atoms with E-state index in [0.29, 0.717) is 5.95 Å². The van der Waals surface area contributed by atoms with Gasteiger partial charge in [-0.05, 0) is 19.9 Å². The summed E-state index contributed by atoms with van der Waals surface area (Å²) in [5.74, 6) is 0.457. The zero-order valence-electron chi connectivity index (χ0n) is 8.40. The molecule has 0 aliphatic rings. The summed E-state index contributed by atoms with van der Waals surface area (Å²) < 4.78 is 20.2. The lowest BCUT2D eigenvalue weighted by Gasteiger charge is -2.10. The summed E-state index contributed by atoms with van der Waals surface area (Å²) in [6.45, 7) is 3.92. The van der Waals surface area contributed by atoms with Gasteiger partial charge >= 0.3 is 0 Å². The van der Waals surface area contributed by atoms with E-state index in [9.17, 15) is 8.76 Å². The maximum atomic E-state index is 10.1. The van der Waals surface area contributed by atoms with E-state index in [0.717, 1.165) is 11.4 Å². The van der Waals surface area contributed by atoms with Crippen molar-refractivity contribution in [2.75, 3.05) is 12.0 Å². The second-order valence-corrected chi connectivity index (χ2v) is 3.51. The number of aryl methyl sites for hydroxylation is 2. The quantitative estimate of drug-likeness (QED) is 0.269. The van der Waals surface area contributed by atoms with Gasteiger partial charge in [-0.25, -0.2) is 15.4 Å². The summed E-state index contributed by atoms with van der Waals surface area (Å²) in [6.07, 6.45) is 0. The Morgan fingerprint density at radius 2 is 2.00 bits per heavy atom. The molecule has 1 aromatic rings. The molecule has 0 saturated carbocycles. The Balaban J connectivity index is 2.40. The highest BCUT2D eigenvalue weighted by molar-refractivity contribution is 7.76. The Morgan fingerprint density at radius 1 is 1.40 bits per heavy atom. The van der Waals surface area contributed by atoms with E-state index < -0.39 is 11.3 Å². The summed E-state index contributed by atoms with van der Waals surface area (Å²) in [5.41, 5.74) is 4.12. The molecule has 0 bridgehead atoms. The van der Waals surface area contributed by atoms with Crippen molar-refractivity contribution in [3.8, 4) is 0 Å². The largest absolute Gasteiger partial charge is 0.759 e. The van der Waals surface area contributed by atoms with Gasteiger partial charge in [0, 0.05) is 22.7 Å². The molecule has 1 atom stereocenters. The average molecular weight is 230 g/mol. The van der Waals surface area contributed by atoms with E-state index >= 15 is 0 Å². The SMILES string of the molecule is Cc1cc(C)nc(NCNNS(=O)[O-])n1.